The molecule has 0 saturated heterocycles. The van der Waals surface area contributed by atoms with Crippen LogP contribution in [0.2, 0.25) is 10.2 Å². The lowest BCUT2D eigenvalue weighted by Gasteiger charge is -2.06. The number of hydrogen-bond donors (Lipinski definition) is 2. The summed E-state index contributed by atoms with van der Waals surface area (Å²) in [6, 6.07) is 6.50. The maximum absolute atomic E-state index is 6.08. The Kier molecular flexibility index (Phi) is 7.58. The van der Waals surface area contributed by atoms with Crippen molar-refractivity contribution in [3.05, 3.63) is 44.0 Å². The molecule has 26 heavy (non-hydrogen) atoms. The van der Waals surface area contributed by atoms with Crippen LogP contribution in [-0.4, -0.2) is 11.0 Å². The van der Waals surface area contributed by atoms with E-state index in [9.17, 15) is 0 Å². The molecule has 0 aromatic carbocycles. The highest BCUT2D eigenvalue weighted by molar-refractivity contribution is 7.18. The summed E-state index contributed by atoms with van der Waals surface area (Å²) in [5.41, 5.74) is 7.48. The molecule has 0 amide bonds. The number of rotatable bonds is 3. The van der Waals surface area contributed by atoms with Gasteiger partial charge in [0.15, 0.2) is 0 Å². The SMILES string of the molecule is Clc1cc(NCc2cccs2)c2scc(Cl)c2n1.NC1CCCCCC1. The molecule has 0 atom stereocenters. The van der Waals surface area contributed by atoms with Crippen molar-refractivity contribution in [1.82, 2.24) is 4.98 Å². The summed E-state index contributed by atoms with van der Waals surface area (Å²) in [5, 5.41) is 8.43. The summed E-state index contributed by atoms with van der Waals surface area (Å²) < 4.78 is 1.04. The van der Waals surface area contributed by atoms with Crippen LogP contribution in [0.4, 0.5) is 5.69 Å². The van der Waals surface area contributed by atoms with Gasteiger partial charge in [-0.25, -0.2) is 4.98 Å². The average Bonchev–Trinajstić information content (AvgIpc) is 3.20. The standard InChI is InChI=1S/C12H8Cl2N2S2.C7H15N/c13-8-6-18-12-9(4-10(14)16-11(8)12)15-5-7-2-1-3-17-7;8-7-5-3-1-2-4-6-7/h1-4,6H,5H2,(H,15,16);7H,1-6,8H2. The fraction of sp³-hybridized carbons (Fsp3) is 0.421. The highest BCUT2D eigenvalue weighted by atomic mass is 35.5. The molecule has 0 unspecified atom stereocenters. The third-order valence-corrected chi connectivity index (χ3v) is 6.87. The zero-order valence-corrected chi connectivity index (χ0v) is 17.7. The third kappa shape index (κ3) is 5.57. The third-order valence-electron chi connectivity index (χ3n) is 4.38. The van der Waals surface area contributed by atoms with Gasteiger partial charge < -0.3 is 11.1 Å². The van der Waals surface area contributed by atoms with Crippen molar-refractivity contribution in [2.24, 2.45) is 5.73 Å². The van der Waals surface area contributed by atoms with E-state index in [4.69, 9.17) is 28.9 Å². The van der Waals surface area contributed by atoms with Gasteiger partial charge in [-0.3, -0.25) is 0 Å². The van der Waals surface area contributed by atoms with Crippen molar-refractivity contribution in [2.75, 3.05) is 5.32 Å². The predicted molar refractivity (Wildman–Crippen MR) is 117 cm³/mol. The fourth-order valence-electron chi connectivity index (χ4n) is 2.99. The van der Waals surface area contributed by atoms with Gasteiger partial charge in [-0.05, 0) is 24.3 Å². The summed E-state index contributed by atoms with van der Waals surface area (Å²) in [7, 11) is 0. The van der Waals surface area contributed by atoms with E-state index < -0.39 is 0 Å². The molecule has 0 radical (unpaired) electrons. The van der Waals surface area contributed by atoms with E-state index in [1.165, 1.54) is 43.4 Å². The number of aromatic nitrogens is 1. The Bertz CT molecular complexity index is 810. The molecule has 7 heteroatoms. The lowest BCUT2D eigenvalue weighted by Crippen LogP contribution is -2.17. The smallest absolute Gasteiger partial charge is 0.131 e. The van der Waals surface area contributed by atoms with Gasteiger partial charge in [0.25, 0.3) is 0 Å². The molecule has 0 aliphatic heterocycles. The minimum atomic E-state index is 0.455. The summed E-state index contributed by atoms with van der Waals surface area (Å²) in [6.07, 6.45) is 8.07. The van der Waals surface area contributed by atoms with Crippen LogP contribution in [0.1, 0.15) is 43.4 Å². The summed E-state index contributed by atoms with van der Waals surface area (Å²) in [6.45, 7) is 0.780. The van der Waals surface area contributed by atoms with E-state index in [1.54, 1.807) is 22.7 Å². The number of fused-ring (bicyclic) bond motifs is 1. The summed E-state index contributed by atoms with van der Waals surface area (Å²) in [4.78, 5) is 5.52. The minimum Gasteiger partial charge on any atom is -0.379 e. The lowest BCUT2D eigenvalue weighted by atomic mass is 10.1. The molecule has 3 N–H and O–H groups in total. The molecule has 0 spiro atoms. The maximum Gasteiger partial charge on any atom is 0.131 e. The van der Waals surface area contributed by atoms with Crippen LogP contribution >= 0.6 is 45.9 Å². The van der Waals surface area contributed by atoms with E-state index in [0.29, 0.717) is 16.2 Å². The van der Waals surface area contributed by atoms with Gasteiger partial charge in [0.05, 0.1) is 15.4 Å². The fourth-order valence-corrected chi connectivity index (χ4v) is 5.01. The molecule has 1 fully saturated rings. The number of nitrogens with two attached hydrogens (primary N) is 1. The van der Waals surface area contributed by atoms with Crippen molar-refractivity contribution in [2.45, 2.75) is 51.1 Å². The Balaban J connectivity index is 0.000000206. The molecular weight excluding hydrogens is 405 g/mol. The Morgan fingerprint density at radius 1 is 1.15 bits per heavy atom. The van der Waals surface area contributed by atoms with Crippen molar-refractivity contribution in [3.63, 3.8) is 0 Å². The van der Waals surface area contributed by atoms with E-state index in [1.807, 2.05) is 17.5 Å². The monoisotopic (exact) mass is 427 g/mol. The molecule has 1 saturated carbocycles. The molecule has 3 nitrogen and oxygen atoms in total. The Morgan fingerprint density at radius 3 is 2.62 bits per heavy atom. The van der Waals surface area contributed by atoms with Crippen molar-refractivity contribution < 1.29 is 0 Å². The highest BCUT2D eigenvalue weighted by Gasteiger charge is 2.10. The number of anilines is 1. The summed E-state index contributed by atoms with van der Waals surface area (Å²) >= 11 is 15.4. The summed E-state index contributed by atoms with van der Waals surface area (Å²) in [5.74, 6) is 0. The first-order chi connectivity index (χ1) is 12.6. The van der Waals surface area contributed by atoms with Crippen LogP contribution < -0.4 is 11.1 Å². The molecule has 3 aromatic rings. The number of pyridine rings is 1. The molecule has 1 aliphatic carbocycles. The average molecular weight is 428 g/mol. The number of halogens is 2. The number of nitrogens with zero attached hydrogens (tertiary/aromatic N) is 1. The van der Waals surface area contributed by atoms with Crippen LogP contribution in [0.5, 0.6) is 0 Å². The molecule has 4 rings (SSSR count). The Labute approximate surface area is 172 Å². The predicted octanol–water partition coefficient (Wildman–Crippen LogP) is 6.94. The van der Waals surface area contributed by atoms with Crippen LogP contribution in [0.15, 0.2) is 29.0 Å². The van der Waals surface area contributed by atoms with E-state index in [-0.39, 0.29) is 0 Å². The number of hydrogen-bond acceptors (Lipinski definition) is 5. The largest absolute Gasteiger partial charge is 0.379 e. The normalized spacial score (nSPS) is 15.3. The quantitative estimate of drug-likeness (QED) is 0.351. The minimum absolute atomic E-state index is 0.455. The topological polar surface area (TPSA) is 50.9 Å². The zero-order chi connectivity index (χ0) is 18.4. The van der Waals surface area contributed by atoms with Crippen LogP contribution in [0.3, 0.4) is 0 Å². The van der Waals surface area contributed by atoms with Crippen molar-refractivity contribution >= 4 is 61.8 Å². The molecule has 0 bridgehead atoms. The van der Waals surface area contributed by atoms with Gasteiger partial charge in [0.1, 0.15) is 10.7 Å². The van der Waals surface area contributed by atoms with Crippen molar-refractivity contribution in [3.8, 4) is 0 Å². The first-order valence-electron chi connectivity index (χ1n) is 8.88. The Hall–Kier alpha value is -0.850. The zero-order valence-electron chi connectivity index (χ0n) is 14.5. The Morgan fingerprint density at radius 2 is 1.92 bits per heavy atom. The maximum atomic E-state index is 6.08. The molecule has 3 heterocycles. The van der Waals surface area contributed by atoms with Crippen molar-refractivity contribution in [1.29, 1.82) is 0 Å². The van der Waals surface area contributed by atoms with E-state index in [2.05, 4.69) is 21.7 Å². The lowest BCUT2D eigenvalue weighted by molar-refractivity contribution is 0.583. The van der Waals surface area contributed by atoms with Gasteiger partial charge in [0, 0.05) is 28.9 Å². The van der Waals surface area contributed by atoms with Crippen LogP contribution in [0.25, 0.3) is 10.2 Å². The van der Waals surface area contributed by atoms with Gasteiger partial charge in [-0.1, -0.05) is 55.0 Å². The van der Waals surface area contributed by atoms with Gasteiger partial charge in [-0.15, -0.1) is 22.7 Å². The second-order valence-corrected chi connectivity index (χ2v) is 9.14. The molecule has 140 valence electrons. The highest BCUT2D eigenvalue weighted by Crippen LogP contribution is 2.35. The molecular formula is C19H23Cl2N3S2. The van der Waals surface area contributed by atoms with Crippen LogP contribution in [0, 0.1) is 0 Å². The van der Waals surface area contributed by atoms with E-state index >= 15 is 0 Å². The van der Waals surface area contributed by atoms with Gasteiger partial charge >= 0.3 is 0 Å². The first kappa shape index (κ1) is 19.9. The number of thiophene rings is 2. The van der Waals surface area contributed by atoms with Crippen LogP contribution in [-0.2, 0) is 6.54 Å². The first-order valence-corrected chi connectivity index (χ1v) is 11.4. The number of nitrogens with one attached hydrogen (secondary N) is 1. The molecule has 1 aliphatic rings. The second-order valence-electron chi connectivity index (χ2n) is 6.44. The van der Waals surface area contributed by atoms with E-state index in [0.717, 1.165) is 22.4 Å². The van der Waals surface area contributed by atoms with Gasteiger partial charge in [0.2, 0.25) is 0 Å². The van der Waals surface area contributed by atoms with Gasteiger partial charge in [-0.2, -0.15) is 0 Å². The second kappa shape index (κ2) is 9.90. The molecule has 3 aromatic heterocycles.